The zero-order valence-electron chi connectivity index (χ0n) is 6.31. The van der Waals surface area contributed by atoms with E-state index in [0.717, 1.165) is 31.2 Å². The lowest BCUT2D eigenvalue weighted by molar-refractivity contribution is -0.132. The normalized spacial score (nSPS) is 34.3. The second-order valence-electron chi connectivity index (χ2n) is 3.68. The lowest BCUT2D eigenvalue weighted by atomic mass is 9.67. The van der Waals surface area contributed by atoms with Gasteiger partial charge in [0.1, 0.15) is 5.78 Å². The standard InChI is InChI=1S/C8H11BrO2/c9-4-7-3-8(5-11-7)1-6(10)2-8/h7H,1-5H2/t7-/m0/s1. The number of hydrogen-bond donors (Lipinski definition) is 0. The molecule has 11 heavy (non-hydrogen) atoms. The monoisotopic (exact) mass is 218 g/mol. The van der Waals surface area contributed by atoms with Crippen molar-refractivity contribution in [1.29, 1.82) is 0 Å². The topological polar surface area (TPSA) is 26.3 Å². The van der Waals surface area contributed by atoms with Gasteiger partial charge in [0.05, 0.1) is 12.7 Å². The van der Waals surface area contributed by atoms with Crippen molar-refractivity contribution in [2.75, 3.05) is 11.9 Å². The average Bonchev–Trinajstić information content (AvgIpc) is 2.31. The van der Waals surface area contributed by atoms with Crippen molar-refractivity contribution in [2.45, 2.75) is 25.4 Å². The summed E-state index contributed by atoms with van der Waals surface area (Å²) >= 11 is 3.39. The van der Waals surface area contributed by atoms with Crippen molar-refractivity contribution in [2.24, 2.45) is 5.41 Å². The molecule has 2 aliphatic rings. The molecule has 1 spiro atoms. The fourth-order valence-electron chi connectivity index (χ4n) is 2.03. The summed E-state index contributed by atoms with van der Waals surface area (Å²) in [5.41, 5.74) is 0.259. The van der Waals surface area contributed by atoms with Gasteiger partial charge in [-0.25, -0.2) is 0 Å². The van der Waals surface area contributed by atoms with E-state index in [1.165, 1.54) is 0 Å². The largest absolute Gasteiger partial charge is 0.377 e. The molecule has 0 bridgehead atoms. The summed E-state index contributed by atoms with van der Waals surface area (Å²) < 4.78 is 5.51. The Bertz CT molecular complexity index is 183. The van der Waals surface area contributed by atoms with E-state index in [1.54, 1.807) is 0 Å². The summed E-state index contributed by atoms with van der Waals surface area (Å²) in [6, 6.07) is 0. The van der Waals surface area contributed by atoms with Crippen LogP contribution in [0.3, 0.4) is 0 Å². The summed E-state index contributed by atoms with van der Waals surface area (Å²) in [5, 5.41) is 0.906. The predicted molar refractivity (Wildman–Crippen MR) is 44.8 cm³/mol. The summed E-state index contributed by atoms with van der Waals surface area (Å²) in [4.78, 5) is 10.8. The van der Waals surface area contributed by atoms with E-state index >= 15 is 0 Å². The molecule has 1 saturated carbocycles. The lowest BCUT2D eigenvalue weighted by Crippen LogP contribution is -2.38. The van der Waals surface area contributed by atoms with E-state index < -0.39 is 0 Å². The van der Waals surface area contributed by atoms with Gasteiger partial charge in [0.2, 0.25) is 0 Å². The summed E-state index contributed by atoms with van der Waals surface area (Å²) in [7, 11) is 0. The smallest absolute Gasteiger partial charge is 0.134 e. The summed E-state index contributed by atoms with van der Waals surface area (Å²) in [5.74, 6) is 0.406. The van der Waals surface area contributed by atoms with E-state index in [4.69, 9.17) is 4.74 Å². The molecule has 2 fully saturated rings. The number of rotatable bonds is 1. The summed E-state index contributed by atoms with van der Waals surface area (Å²) in [6.45, 7) is 0.801. The number of carbonyl (C=O) groups excluding carboxylic acids is 1. The van der Waals surface area contributed by atoms with Gasteiger partial charge in [-0.1, -0.05) is 15.9 Å². The lowest BCUT2D eigenvalue weighted by Gasteiger charge is -2.34. The van der Waals surface area contributed by atoms with Crippen LogP contribution in [0.15, 0.2) is 0 Å². The maximum Gasteiger partial charge on any atom is 0.134 e. The first-order valence-electron chi connectivity index (χ1n) is 3.93. The third-order valence-corrected chi connectivity index (χ3v) is 3.32. The Labute approximate surface area is 74.4 Å². The maximum atomic E-state index is 10.8. The number of halogens is 1. The van der Waals surface area contributed by atoms with Crippen molar-refractivity contribution in [3.8, 4) is 0 Å². The van der Waals surface area contributed by atoms with Crippen LogP contribution >= 0.6 is 15.9 Å². The minimum atomic E-state index is 0.259. The molecule has 0 aromatic carbocycles. The molecule has 1 saturated heterocycles. The van der Waals surface area contributed by atoms with Gasteiger partial charge in [0.25, 0.3) is 0 Å². The molecule has 0 aromatic heterocycles. The molecular formula is C8H11BrO2. The van der Waals surface area contributed by atoms with Crippen LogP contribution in [0, 0.1) is 5.41 Å². The van der Waals surface area contributed by atoms with Crippen molar-refractivity contribution < 1.29 is 9.53 Å². The van der Waals surface area contributed by atoms with Crippen LogP contribution in [0.1, 0.15) is 19.3 Å². The van der Waals surface area contributed by atoms with Gasteiger partial charge in [-0.2, -0.15) is 0 Å². The minimum absolute atomic E-state index is 0.259. The molecule has 0 unspecified atom stereocenters. The van der Waals surface area contributed by atoms with Gasteiger partial charge in [0.15, 0.2) is 0 Å². The molecule has 1 aliphatic carbocycles. The second kappa shape index (κ2) is 2.56. The molecule has 3 heteroatoms. The predicted octanol–water partition coefficient (Wildman–Crippen LogP) is 1.52. The van der Waals surface area contributed by atoms with Crippen LogP contribution in [0.5, 0.6) is 0 Å². The van der Waals surface area contributed by atoms with Crippen LogP contribution < -0.4 is 0 Å². The van der Waals surface area contributed by atoms with E-state index in [-0.39, 0.29) is 5.41 Å². The first-order chi connectivity index (χ1) is 5.24. The highest BCUT2D eigenvalue weighted by Gasteiger charge is 2.48. The third-order valence-electron chi connectivity index (χ3n) is 2.60. The number of ether oxygens (including phenoxy) is 1. The van der Waals surface area contributed by atoms with Crippen molar-refractivity contribution >= 4 is 21.7 Å². The SMILES string of the molecule is O=C1CC2(CO[C@H](CBr)C2)C1. The van der Waals surface area contributed by atoms with Crippen LogP contribution in [0.4, 0.5) is 0 Å². The molecule has 0 aromatic rings. The Hall–Kier alpha value is 0.110. The number of Topliss-reactive ketones (excluding diaryl/α,β-unsaturated/α-hetero) is 1. The first kappa shape index (κ1) is 7.74. The van der Waals surface area contributed by atoms with E-state index in [9.17, 15) is 4.79 Å². The molecule has 1 aliphatic heterocycles. The number of ketones is 1. The molecule has 1 heterocycles. The van der Waals surface area contributed by atoms with Crippen LogP contribution in [-0.4, -0.2) is 23.8 Å². The van der Waals surface area contributed by atoms with Gasteiger partial charge in [-0.15, -0.1) is 0 Å². The van der Waals surface area contributed by atoms with Gasteiger partial charge < -0.3 is 4.74 Å². The Morgan fingerprint density at radius 1 is 1.64 bits per heavy atom. The van der Waals surface area contributed by atoms with Gasteiger partial charge >= 0.3 is 0 Å². The van der Waals surface area contributed by atoms with Crippen molar-refractivity contribution in [3.63, 3.8) is 0 Å². The second-order valence-corrected chi connectivity index (χ2v) is 4.33. The highest BCUT2D eigenvalue weighted by molar-refractivity contribution is 9.09. The molecule has 1 atom stereocenters. The Morgan fingerprint density at radius 2 is 2.36 bits per heavy atom. The number of carbonyl (C=O) groups is 1. The molecule has 0 N–H and O–H groups in total. The van der Waals surface area contributed by atoms with Crippen molar-refractivity contribution in [3.05, 3.63) is 0 Å². The third kappa shape index (κ3) is 1.25. The van der Waals surface area contributed by atoms with Crippen LogP contribution in [-0.2, 0) is 9.53 Å². The van der Waals surface area contributed by atoms with E-state index in [2.05, 4.69) is 15.9 Å². The maximum absolute atomic E-state index is 10.8. The highest BCUT2D eigenvalue weighted by Crippen LogP contribution is 2.47. The Balaban J connectivity index is 1.94. The fraction of sp³-hybridized carbons (Fsp3) is 0.875. The minimum Gasteiger partial charge on any atom is -0.377 e. The summed E-state index contributed by atoms with van der Waals surface area (Å²) in [6.07, 6.45) is 2.94. The molecular weight excluding hydrogens is 208 g/mol. The van der Waals surface area contributed by atoms with Gasteiger partial charge in [-0.3, -0.25) is 4.79 Å². The van der Waals surface area contributed by atoms with Gasteiger partial charge in [0, 0.05) is 23.6 Å². The molecule has 0 radical (unpaired) electrons. The van der Waals surface area contributed by atoms with E-state index in [1.807, 2.05) is 0 Å². The highest BCUT2D eigenvalue weighted by atomic mass is 79.9. The van der Waals surface area contributed by atoms with Crippen LogP contribution in [0.25, 0.3) is 0 Å². The molecule has 2 nitrogen and oxygen atoms in total. The first-order valence-corrected chi connectivity index (χ1v) is 5.06. The van der Waals surface area contributed by atoms with E-state index in [0.29, 0.717) is 11.9 Å². The Morgan fingerprint density at radius 3 is 2.82 bits per heavy atom. The number of hydrogen-bond acceptors (Lipinski definition) is 2. The fourth-order valence-corrected chi connectivity index (χ4v) is 2.44. The quantitative estimate of drug-likeness (QED) is 0.625. The number of alkyl halides is 1. The zero-order chi connectivity index (χ0) is 7.90. The van der Waals surface area contributed by atoms with Gasteiger partial charge in [-0.05, 0) is 6.42 Å². The zero-order valence-corrected chi connectivity index (χ0v) is 7.89. The van der Waals surface area contributed by atoms with Crippen LogP contribution in [0.2, 0.25) is 0 Å². The van der Waals surface area contributed by atoms with Crippen molar-refractivity contribution in [1.82, 2.24) is 0 Å². The molecule has 62 valence electrons. The average molecular weight is 219 g/mol. The molecule has 0 amide bonds. The Kier molecular flexibility index (Phi) is 1.80. The molecule has 2 rings (SSSR count).